The van der Waals surface area contributed by atoms with Crippen molar-refractivity contribution in [2.75, 3.05) is 4.72 Å². The van der Waals surface area contributed by atoms with Crippen LogP contribution in [0.4, 0.5) is 10.1 Å². The van der Waals surface area contributed by atoms with E-state index in [2.05, 4.69) is 15.2 Å². The largest absolute Gasteiger partial charge is 0.479 e. The molecule has 0 saturated carbocycles. The third kappa shape index (κ3) is 6.10. The van der Waals surface area contributed by atoms with Crippen molar-refractivity contribution in [2.24, 2.45) is 5.10 Å². The highest BCUT2D eigenvalue weighted by atomic mass is 35.5. The first-order valence-electron chi connectivity index (χ1n) is 9.45. The molecule has 3 N–H and O–H groups in total. The number of anilines is 1. The molecule has 0 radical (unpaired) electrons. The Morgan fingerprint density at radius 2 is 2.00 bits per heavy atom. The van der Waals surface area contributed by atoms with Crippen molar-refractivity contribution in [2.45, 2.75) is 17.2 Å². The number of carbonyl (C=O) groups is 2. The van der Waals surface area contributed by atoms with E-state index in [1.807, 2.05) is 0 Å². The van der Waals surface area contributed by atoms with Crippen LogP contribution in [0, 0.1) is 5.82 Å². The first-order chi connectivity index (χ1) is 16.1. The predicted octanol–water partition coefficient (Wildman–Crippen LogP) is 3.96. The van der Waals surface area contributed by atoms with E-state index in [-0.39, 0.29) is 31.8 Å². The van der Waals surface area contributed by atoms with Gasteiger partial charge in [0.15, 0.2) is 17.7 Å². The van der Waals surface area contributed by atoms with Crippen molar-refractivity contribution in [3.05, 3.63) is 75.9 Å². The molecule has 1 heterocycles. The summed E-state index contributed by atoms with van der Waals surface area (Å²) < 4.78 is 46.8. The van der Waals surface area contributed by atoms with Crippen LogP contribution in [0.3, 0.4) is 0 Å². The maximum Gasteiger partial charge on any atom is 0.344 e. The number of halogens is 2. The number of benzene rings is 2. The summed E-state index contributed by atoms with van der Waals surface area (Å²) in [5, 5.41) is 14.5. The summed E-state index contributed by atoms with van der Waals surface area (Å²) in [6, 6.07) is 10.8. The molecule has 1 atom stereocenters. The van der Waals surface area contributed by atoms with Crippen molar-refractivity contribution in [3.63, 3.8) is 0 Å². The molecule has 0 fully saturated rings. The number of hydrazone groups is 1. The summed E-state index contributed by atoms with van der Waals surface area (Å²) in [5.74, 6) is -3.27. The summed E-state index contributed by atoms with van der Waals surface area (Å²) in [4.78, 5) is 23.7. The van der Waals surface area contributed by atoms with Crippen LogP contribution in [0.25, 0.3) is 0 Å². The lowest BCUT2D eigenvalue weighted by Crippen LogP contribution is -2.24. The van der Waals surface area contributed by atoms with E-state index in [1.165, 1.54) is 43.3 Å². The van der Waals surface area contributed by atoms with Crippen LogP contribution in [0.2, 0.25) is 5.02 Å². The molecule has 34 heavy (non-hydrogen) atoms. The number of aliphatic carboxylic acids is 1. The monoisotopic (exact) mass is 525 g/mol. The molecule has 1 aromatic heterocycles. The van der Waals surface area contributed by atoms with Gasteiger partial charge in [-0.05, 0) is 48.7 Å². The lowest BCUT2D eigenvalue weighted by atomic mass is 10.2. The Bertz CT molecular complexity index is 1350. The zero-order chi connectivity index (χ0) is 24.9. The highest BCUT2D eigenvalue weighted by Crippen LogP contribution is 2.26. The second-order valence-electron chi connectivity index (χ2n) is 6.68. The number of amides is 1. The Morgan fingerprint density at radius 3 is 2.68 bits per heavy atom. The van der Waals surface area contributed by atoms with Gasteiger partial charge < -0.3 is 9.84 Å². The number of hydrogen-bond donors (Lipinski definition) is 3. The van der Waals surface area contributed by atoms with E-state index in [9.17, 15) is 22.4 Å². The Balaban J connectivity index is 1.82. The van der Waals surface area contributed by atoms with Crippen LogP contribution in [-0.4, -0.2) is 37.7 Å². The van der Waals surface area contributed by atoms with Gasteiger partial charge in [-0.25, -0.2) is 23.0 Å². The molecule has 3 aromatic rings. The van der Waals surface area contributed by atoms with Gasteiger partial charge in [0.05, 0.1) is 17.5 Å². The van der Waals surface area contributed by atoms with Crippen molar-refractivity contribution in [3.8, 4) is 5.75 Å². The molecule has 0 aliphatic carbocycles. The standard InChI is InChI=1S/C21H17ClFN3O6S2/c1-12(21(28)29)32-19-13(4-2-5-16(19)23)11-24-25-20(27)15-10-14(22)7-8-17(15)26-34(30,31)18-6-3-9-33-18/h2-12,26H,1H3,(H,25,27)(H,28,29)/b24-11-. The van der Waals surface area contributed by atoms with Gasteiger partial charge >= 0.3 is 5.97 Å². The molecule has 0 bridgehead atoms. The number of hydrogen-bond acceptors (Lipinski definition) is 7. The van der Waals surface area contributed by atoms with E-state index in [0.717, 1.165) is 23.6 Å². The van der Waals surface area contributed by atoms with Crippen molar-refractivity contribution in [1.29, 1.82) is 0 Å². The number of sulfonamides is 1. The Morgan fingerprint density at radius 1 is 1.24 bits per heavy atom. The second-order valence-corrected chi connectivity index (χ2v) is 9.98. The number of ether oxygens (including phenoxy) is 1. The fraction of sp³-hybridized carbons (Fsp3) is 0.0952. The summed E-state index contributed by atoms with van der Waals surface area (Å²) in [6.45, 7) is 1.23. The minimum Gasteiger partial charge on any atom is -0.479 e. The molecule has 0 aliphatic heterocycles. The van der Waals surface area contributed by atoms with E-state index in [4.69, 9.17) is 21.4 Å². The Hall–Kier alpha value is -3.48. The Labute approximate surface area is 202 Å². The van der Waals surface area contributed by atoms with E-state index in [1.54, 1.807) is 11.4 Å². The molecule has 178 valence electrons. The number of carboxylic acid groups (broad SMARTS) is 1. The molecule has 13 heteroatoms. The molecule has 1 amide bonds. The van der Waals surface area contributed by atoms with Crippen LogP contribution in [0.1, 0.15) is 22.8 Å². The summed E-state index contributed by atoms with van der Waals surface area (Å²) in [5.41, 5.74) is 2.13. The molecule has 0 spiro atoms. The van der Waals surface area contributed by atoms with Gasteiger partial charge in [0.2, 0.25) is 0 Å². The van der Waals surface area contributed by atoms with Crippen molar-refractivity contribution in [1.82, 2.24) is 5.43 Å². The third-order valence-electron chi connectivity index (χ3n) is 4.24. The van der Waals surface area contributed by atoms with Crippen LogP contribution >= 0.6 is 22.9 Å². The quantitative estimate of drug-likeness (QED) is 0.286. The summed E-state index contributed by atoms with van der Waals surface area (Å²) in [6.07, 6.45) is -0.269. The molecular weight excluding hydrogens is 509 g/mol. The molecule has 1 unspecified atom stereocenters. The van der Waals surface area contributed by atoms with Gasteiger partial charge in [-0.1, -0.05) is 23.7 Å². The summed E-state index contributed by atoms with van der Waals surface area (Å²) >= 11 is 6.98. The van der Waals surface area contributed by atoms with Crippen LogP contribution in [0.5, 0.6) is 5.75 Å². The van der Waals surface area contributed by atoms with E-state index < -0.39 is 33.8 Å². The highest BCUT2D eigenvalue weighted by Gasteiger charge is 2.20. The zero-order valence-electron chi connectivity index (χ0n) is 17.4. The third-order valence-corrected chi connectivity index (χ3v) is 7.24. The Kier molecular flexibility index (Phi) is 7.87. The van der Waals surface area contributed by atoms with Crippen LogP contribution < -0.4 is 14.9 Å². The topological polar surface area (TPSA) is 134 Å². The number of carboxylic acids is 1. The smallest absolute Gasteiger partial charge is 0.344 e. The van der Waals surface area contributed by atoms with Crippen LogP contribution in [0.15, 0.2) is 63.2 Å². The summed E-state index contributed by atoms with van der Waals surface area (Å²) in [7, 11) is -3.93. The fourth-order valence-corrected chi connectivity index (χ4v) is 4.85. The number of rotatable bonds is 9. The molecule has 3 rings (SSSR count). The average molecular weight is 526 g/mol. The SMILES string of the molecule is CC(Oc1c(F)cccc1/C=N\NC(=O)c1cc(Cl)ccc1NS(=O)(=O)c1cccs1)C(=O)O. The second kappa shape index (κ2) is 10.6. The first kappa shape index (κ1) is 25.1. The molecule has 2 aromatic carbocycles. The maximum atomic E-state index is 14.2. The minimum atomic E-state index is -3.93. The van der Waals surface area contributed by atoms with Gasteiger partial charge in [-0.15, -0.1) is 11.3 Å². The molecule has 9 nitrogen and oxygen atoms in total. The molecular formula is C21H17ClFN3O6S2. The number of carbonyl (C=O) groups excluding carboxylic acids is 1. The fourth-order valence-electron chi connectivity index (χ4n) is 2.60. The van der Waals surface area contributed by atoms with Gasteiger partial charge in [0.1, 0.15) is 4.21 Å². The predicted molar refractivity (Wildman–Crippen MR) is 126 cm³/mol. The number of thiophene rings is 1. The van der Waals surface area contributed by atoms with Gasteiger partial charge in [-0.2, -0.15) is 5.10 Å². The van der Waals surface area contributed by atoms with Crippen LogP contribution in [-0.2, 0) is 14.8 Å². The van der Waals surface area contributed by atoms with E-state index >= 15 is 0 Å². The molecule has 0 aliphatic rings. The van der Waals surface area contributed by atoms with Gasteiger partial charge in [-0.3, -0.25) is 9.52 Å². The van der Waals surface area contributed by atoms with Gasteiger partial charge in [0.25, 0.3) is 15.9 Å². The van der Waals surface area contributed by atoms with Crippen molar-refractivity contribution < 1.29 is 32.2 Å². The lowest BCUT2D eigenvalue weighted by molar-refractivity contribution is -0.144. The first-order valence-corrected chi connectivity index (χ1v) is 12.2. The van der Waals surface area contributed by atoms with Gasteiger partial charge in [0, 0.05) is 10.6 Å². The van der Waals surface area contributed by atoms with E-state index in [0.29, 0.717) is 0 Å². The molecule has 0 saturated heterocycles. The van der Waals surface area contributed by atoms with Crippen molar-refractivity contribution >= 4 is 56.7 Å². The normalized spacial score (nSPS) is 12.3. The number of para-hydroxylation sites is 1. The zero-order valence-corrected chi connectivity index (χ0v) is 19.7. The number of nitrogens with one attached hydrogen (secondary N) is 2. The lowest BCUT2D eigenvalue weighted by Gasteiger charge is -2.13. The minimum absolute atomic E-state index is 0.0319. The average Bonchev–Trinajstić information content (AvgIpc) is 3.33. The number of nitrogens with zero attached hydrogens (tertiary/aromatic N) is 1. The highest BCUT2D eigenvalue weighted by molar-refractivity contribution is 7.94. The maximum absolute atomic E-state index is 14.2.